The third kappa shape index (κ3) is 3.21. The maximum absolute atomic E-state index is 13.2. The number of hydrogen-bond donors (Lipinski definition) is 2. The van der Waals surface area contributed by atoms with E-state index in [9.17, 15) is 19.8 Å². The van der Waals surface area contributed by atoms with Crippen LogP contribution >= 0.6 is 11.3 Å². The molecule has 1 aliphatic heterocycles. The maximum Gasteiger partial charge on any atom is 0.294 e. The Morgan fingerprint density at radius 1 is 1.00 bits per heavy atom. The third-order valence-electron chi connectivity index (χ3n) is 5.18. The van der Waals surface area contributed by atoms with E-state index in [0.29, 0.717) is 16.1 Å². The van der Waals surface area contributed by atoms with Crippen LogP contribution in [0.25, 0.3) is 0 Å². The van der Waals surface area contributed by atoms with Gasteiger partial charge >= 0.3 is 0 Å². The summed E-state index contributed by atoms with van der Waals surface area (Å²) in [7, 11) is 0. The zero-order chi connectivity index (χ0) is 20.7. The Hall–Kier alpha value is -3.38. The van der Waals surface area contributed by atoms with E-state index < -0.39 is 17.7 Å². The first-order valence-corrected chi connectivity index (χ1v) is 9.97. The summed E-state index contributed by atoms with van der Waals surface area (Å²) in [5, 5.41) is 22.1. The second-order valence-corrected chi connectivity index (χ2v) is 7.95. The van der Waals surface area contributed by atoms with Crippen molar-refractivity contribution >= 4 is 28.7 Å². The fraction of sp³-hybridized carbons (Fsp3) is 0.130. The number of anilines is 1. The lowest BCUT2D eigenvalue weighted by Crippen LogP contribution is -2.31. The van der Waals surface area contributed by atoms with Crippen molar-refractivity contribution in [2.75, 3.05) is 4.90 Å². The number of rotatable bonds is 4. The summed E-state index contributed by atoms with van der Waals surface area (Å²) in [4.78, 5) is 28.1. The van der Waals surface area contributed by atoms with E-state index in [-0.39, 0.29) is 17.1 Å². The molecular formula is C23H19NO4S. The normalized spacial score (nSPS) is 16.6. The molecule has 1 unspecified atom stereocenters. The molecule has 0 saturated carbocycles. The van der Waals surface area contributed by atoms with Crippen molar-refractivity contribution in [3.8, 4) is 5.75 Å². The van der Waals surface area contributed by atoms with E-state index in [1.54, 1.807) is 35.7 Å². The minimum absolute atomic E-state index is 0.0429. The van der Waals surface area contributed by atoms with Gasteiger partial charge in [0.2, 0.25) is 5.78 Å². The molecule has 3 aromatic rings. The molecule has 2 heterocycles. The van der Waals surface area contributed by atoms with Crippen LogP contribution in [-0.4, -0.2) is 21.9 Å². The predicted octanol–water partition coefficient (Wildman–Crippen LogP) is 4.85. The molecule has 5 nitrogen and oxygen atoms in total. The van der Waals surface area contributed by atoms with Crippen molar-refractivity contribution in [3.63, 3.8) is 0 Å². The highest BCUT2D eigenvalue weighted by Gasteiger charge is 2.44. The van der Waals surface area contributed by atoms with Crippen molar-refractivity contribution in [1.29, 1.82) is 0 Å². The van der Waals surface area contributed by atoms with Gasteiger partial charge in [-0.05, 0) is 66.2 Å². The first kappa shape index (κ1) is 19.0. The average Bonchev–Trinajstić information content (AvgIpc) is 3.32. The number of carbonyl (C=O) groups excluding carboxylic acids is 2. The van der Waals surface area contributed by atoms with E-state index >= 15 is 0 Å². The number of thiophene rings is 1. The summed E-state index contributed by atoms with van der Waals surface area (Å²) in [5.41, 5.74) is 3.34. The van der Waals surface area contributed by atoms with Crippen LogP contribution in [0.4, 0.5) is 5.69 Å². The number of amides is 1. The van der Waals surface area contributed by atoms with Gasteiger partial charge in [0.1, 0.15) is 5.75 Å². The number of benzene rings is 2. The van der Waals surface area contributed by atoms with Crippen LogP contribution in [0.1, 0.15) is 32.4 Å². The van der Waals surface area contributed by atoms with E-state index in [4.69, 9.17) is 0 Å². The number of aryl methyl sites for hydroxylation is 2. The average molecular weight is 405 g/mol. The minimum atomic E-state index is -0.792. The van der Waals surface area contributed by atoms with Crippen molar-refractivity contribution in [3.05, 3.63) is 92.9 Å². The van der Waals surface area contributed by atoms with Gasteiger partial charge in [-0.2, -0.15) is 0 Å². The minimum Gasteiger partial charge on any atom is -0.508 e. The lowest BCUT2D eigenvalue weighted by atomic mass is 9.95. The molecule has 0 saturated heterocycles. The number of nitrogens with zero attached hydrogens (tertiary/aromatic N) is 1. The molecule has 2 N–H and O–H groups in total. The molecule has 2 aromatic carbocycles. The maximum atomic E-state index is 13.2. The summed E-state index contributed by atoms with van der Waals surface area (Å²) < 4.78 is 0. The number of hydrogen-bond acceptors (Lipinski definition) is 5. The first-order chi connectivity index (χ1) is 13.9. The summed E-state index contributed by atoms with van der Waals surface area (Å²) in [6.45, 7) is 3.92. The molecule has 1 atom stereocenters. The molecule has 146 valence electrons. The van der Waals surface area contributed by atoms with Crippen molar-refractivity contribution in [1.82, 2.24) is 0 Å². The fourth-order valence-electron chi connectivity index (χ4n) is 3.49. The first-order valence-electron chi connectivity index (χ1n) is 9.09. The SMILES string of the molecule is Cc1ccc(N2C(=O)C(O)=C(C(=O)c3cccs3)C2c2ccc(O)cc2)cc1C. The molecule has 6 heteroatoms. The summed E-state index contributed by atoms with van der Waals surface area (Å²) >= 11 is 1.26. The molecule has 0 fully saturated rings. The summed E-state index contributed by atoms with van der Waals surface area (Å²) in [6.07, 6.45) is 0. The number of phenolic OH excluding ortho intramolecular Hbond substituents is 1. The molecular weight excluding hydrogens is 386 g/mol. The van der Waals surface area contributed by atoms with Crippen LogP contribution in [-0.2, 0) is 4.79 Å². The Bertz CT molecular complexity index is 1130. The van der Waals surface area contributed by atoms with Gasteiger partial charge in [-0.3, -0.25) is 14.5 Å². The molecule has 0 radical (unpaired) electrons. The highest BCUT2D eigenvalue weighted by Crippen LogP contribution is 2.42. The van der Waals surface area contributed by atoms with Crippen LogP contribution in [0, 0.1) is 13.8 Å². The van der Waals surface area contributed by atoms with E-state index in [2.05, 4.69) is 0 Å². The van der Waals surface area contributed by atoms with Gasteiger partial charge < -0.3 is 10.2 Å². The number of carbonyl (C=O) groups is 2. The monoisotopic (exact) mass is 405 g/mol. The van der Waals surface area contributed by atoms with Gasteiger partial charge in [0.25, 0.3) is 5.91 Å². The molecule has 0 spiro atoms. The molecule has 4 rings (SSSR count). The van der Waals surface area contributed by atoms with Crippen LogP contribution in [0.5, 0.6) is 5.75 Å². The molecule has 0 bridgehead atoms. The van der Waals surface area contributed by atoms with Crippen LogP contribution in [0.15, 0.2) is 71.3 Å². The van der Waals surface area contributed by atoms with Gasteiger partial charge in [-0.15, -0.1) is 11.3 Å². The Morgan fingerprint density at radius 3 is 2.34 bits per heavy atom. The fourth-order valence-corrected chi connectivity index (χ4v) is 4.17. The van der Waals surface area contributed by atoms with Crippen LogP contribution in [0.3, 0.4) is 0 Å². The number of phenols is 1. The highest BCUT2D eigenvalue weighted by molar-refractivity contribution is 7.12. The Kier molecular flexibility index (Phi) is 4.72. The zero-order valence-electron chi connectivity index (χ0n) is 15.9. The topological polar surface area (TPSA) is 77.8 Å². The number of aliphatic hydroxyl groups excluding tert-OH is 1. The quantitative estimate of drug-likeness (QED) is 0.608. The predicted molar refractivity (Wildman–Crippen MR) is 113 cm³/mol. The van der Waals surface area contributed by atoms with Gasteiger partial charge in [0.05, 0.1) is 16.5 Å². The molecule has 1 aromatic heterocycles. The van der Waals surface area contributed by atoms with E-state index in [1.165, 1.54) is 28.4 Å². The lowest BCUT2D eigenvalue weighted by Gasteiger charge is -2.27. The van der Waals surface area contributed by atoms with Gasteiger partial charge in [0.15, 0.2) is 5.76 Å². The van der Waals surface area contributed by atoms with Crippen molar-refractivity contribution in [2.45, 2.75) is 19.9 Å². The van der Waals surface area contributed by atoms with Gasteiger partial charge in [-0.1, -0.05) is 24.3 Å². The Balaban J connectivity index is 1.89. The molecule has 0 aliphatic carbocycles. The molecule has 29 heavy (non-hydrogen) atoms. The zero-order valence-corrected chi connectivity index (χ0v) is 16.7. The van der Waals surface area contributed by atoms with E-state index in [0.717, 1.165) is 11.1 Å². The second kappa shape index (κ2) is 7.22. The Morgan fingerprint density at radius 2 is 1.72 bits per heavy atom. The number of ketones is 1. The Labute approximate surface area is 172 Å². The van der Waals surface area contributed by atoms with Crippen LogP contribution in [0.2, 0.25) is 0 Å². The number of Topliss-reactive ketones (excluding diaryl/α,β-unsaturated/α-hetero) is 1. The standard InChI is InChI=1S/C23H19NO4S/c1-13-5-8-16(12-14(13)2)24-20(15-6-9-17(25)10-7-15)19(22(27)23(24)28)21(26)18-4-3-11-29-18/h3-12,20,25,27H,1-2H3. The van der Waals surface area contributed by atoms with E-state index in [1.807, 2.05) is 26.0 Å². The molecule has 1 amide bonds. The molecule has 1 aliphatic rings. The van der Waals surface area contributed by atoms with Gasteiger partial charge in [-0.25, -0.2) is 0 Å². The highest BCUT2D eigenvalue weighted by atomic mass is 32.1. The summed E-state index contributed by atoms with van der Waals surface area (Å²) in [5.74, 6) is -1.46. The smallest absolute Gasteiger partial charge is 0.294 e. The lowest BCUT2D eigenvalue weighted by molar-refractivity contribution is -0.117. The van der Waals surface area contributed by atoms with Gasteiger partial charge in [0, 0.05) is 5.69 Å². The number of aliphatic hydroxyl groups is 1. The third-order valence-corrected chi connectivity index (χ3v) is 6.04. The largest absolute Gasteiger partial charge is 0.508 e. The summed E-state index contributed by atoms with van der Waals surface area (Å²) in [6, 6.07) is 14.5. The van der Waals surface area contributed by atoms with Crippen molar-refractivity contribution in [2.24, 2.45) is 0 Å². The number of aromatic hydroxyl groups is 1. The van der Waals surface area contributed by atoms with Crippen molar-refractivity contribution < 1.29 is 19.8 Å². The second-order valence-electron chi connectivity index (χ2n) is 7.01. The van der Waals surface area contributed by atoms with Crippen LogP contribution < -0.4 is 4.90 Å².